The molecule has 0 aromatic carbocycles. The molecule has 0 aliphatic rings. The summed E-state index contributed by atoms with van der Waals surface area (Å²) in [5.41, 5.74) is 2.37. The Morgan fingerprint density at radius 3 is 2.63 bits per heavy atom. The molecule has 1 N–H and O–H groups in total. The SMILES string of the molecule is CCNCc1cnc(N(C)Cc2csc(Br)c2)nc1. The first-order chi connectivity index (χ1) is 9.19. The molecule has 0 unspecified atom stereocenters. The molecule has 0 amide bonds. The molecule has 0 aliphatic carbocycles. The van der Waals surface area contributed by atoms with Crippen LogP contribution < -0.4 is 10.2 Å². The van der Waals surface area contributed by atoms with Crippen molar-refractivity contribution in [2.45, 2.75) is 20.0 Å². The molecule has 0 saturated heterocycles. The predicted octanol–water partition coefficient (Wildman–Crippen LogP) is 3.05. The van der Waals surface area contributed by atoms with E-state index in [0.29, 0.717) is 0 Å². The molecule has 0 aliphatic heterocycles. The van der Waals surface area contributed by atoms with Crippen molar-refractivity contribution in [3.63, 3.8) is 0 Å². The molecule has 0 spiro atoms. The summed E-state index contributed by atoms with van der Waals surface area (Å²) in [4.78, 5) is 10.8. The van der Waals surface area contributed by atoms with Gasteiger partial charge in [-0.05, 0) is 39.5 Å². The van der Waals surface area contributed by atoms with E-state index in [1.165, 1.54) is 5.56 Å². The number of thiophene rings is 1. The van der Waals surface area contributed by atoms with E-state index in [4.69, 9.17) is 0 Å². The van der Waals surface area contributed by atoms with Gasteiger partial charge in [0, 0.05) is 38.1 Å². The number of aromatic nitrogens is 2. The first-order valence-electron chi connectivity index (χ1n) is 6.14. The average Bonchev–Trinajstić information content (AvgIpc) is 2.82. The molecule has 0 bridgehead atoms. The number of hydrogen-bond acceptors (Lipinski definition) is 5. The molecule has 102 valence electrons. The van der Waals surface area contributed by atoms with Crippen LogP contribution in [0.4, 0.5) is 5.95 Å². The van der Waals surface area contributed by atoms with E-state index in [-0.39, 0.29) is 0 Å². The Balaban J connectivity index is 1.97. The third kappa shape index (κ3) is 4.26. The van der Waals surface area contributed by atoms with Crippen molar-refractivity contribution in [3.8, 4) is 0 Å². The molecule has 2 aromatic rings. The Hall–Kier alpha value is -0.980. The molecular weight excluding hydrogens is 324 g/mol. The monoisotopic (exact) mass is 340 g/mol. The number of halogens is 1. The molecule has 19 heavy (non-hydrogen) atoms. The Kier molecular flexibility index (Phi) is 5.30. The van der Waals surface area contributed by atoms with Crippen LogP contribution in [0.2, 0.25) is 0 Å². The number of anilines is 1. The van der Waals surface area contributed by atoms with Crippen molar-refractivity contribution >= 4 is 33.2 Å². The quantitative estimate of drug-likeness (QED) is 0.877. The van der Waals surface area contributed by atoms with Crippen LogP contribution in [0.15, 0.2) is 27.6 Å². The van der Waals surface area contributed by atoms with Crippen LogP contribution in [0, 0.1) is 0 Å². The summed E-state index contributed by atoms with van der Waals surface area (Å²) in [7, 11) is 2.00. The highest BCUT2D eigenvalue weighted by atomic mass is 79.9. The maximum atomic E-state index is 4.40. The first-order valence-corrected chi connectivity index (χ1v) is 7.82. The van der Waals surface area contributed by atoms with Crippen LogP contribution in [0.1, 0.15) is 18.1 Å². The summed E-state index contributed by atoms with van der Waals surface area (Å²) in [6.45, 7) is 4.67. The summed E-state index contributed by atoms with van der Waals surface area (Å²) >= 11 is 5.17. The van der Waals surface area contributed by atoms with Crippen molar-refractivity contribution < 1.29 is 0 Å². The van der Waals surface area contributed by atoms with Crippen LogP contribution in [-0.4, -0.2) is 23.6 Å². The summed E-state index contributed by atoms with van der Waals surface area (Å²) in [6, 6.07) is 2.13. The minimum atomic E-state index is 0.752. The normalized spacial score (nSPS) is 10.7. The lowest BCUT2D eigenvalue weighted by molar-refractivity contribution is 0.719. The highest BCUT2D eigenvalue weighted by Gasteiger charge is 2.06. The van der Waals surface area contributed by atoms with E-state index in [1.807, 2.05) is 24.3 Å². The Bertz CT molecular complexity index is 512. The van der Waals surface area contributed by atoms with Crippen LogP contribution in [0.25, 0.3) is 0 Å². The summed E-state index contributed by atoms with van der Waals surface area (Å²) in [6.07, 6.45) is 3.76. The van der Waals surface area contributed by atoms with E-state index in [0.717, 1.165) is 34.9 Å². The van der Waals surface area contributed by atoms with E-state index < -0.39 is 0 Å². The molecule has 6 heteroatoms. The second-order valence-corrected chi connectivity index (χ2v) is 6.58. The van der Waals surface area contributed by atoms with Gasteiger partial charge in [-0.25, -0.2) is 9.97 Å². The number of nitrogens with one attached hydrogen (secondary N) is 1. The zero-order chi connectivity index (χ0) is 13.7. The van der Waals surface area contributed by atoms with Crippen molar-refractivity contribution in [3.05, 3.63) is 38.8 Å². The lowest BCUT2D eigenvalue weighted by atomic mass is 10.3. The fraction of sp³-hybridized carbons (Fsp3) is 0.385. The fourth-order valence-corrected chi connectivity index (χ4v) is 2.88. The number of hydrogen-bond donors (Lipinski definition) is 1. The molecule has 2 heterocycles. The lowest BCUT2D eigenvalue weighted by Gasteiger charge is -2.16. The van der Waals surface area contributed by atoms with E-state index in [1.54, 1.807) is 11.3 Å². The topological polar surface area (TPSA) is 41.1 Å². The maximum absolute atomic E-state index is 4.40. The van der Waals surface area contributed by atoms with Gasteiger partial charge in [0.1, 0.15) is 0 Å². The third-order valence-electron chi connectivity index (χ3n) is 2.65. The highest BCUT2D eigenvalue weighted by Crippen LogP contribution is 2.22. The number of nitrogens with zero attached hydrogens (tertiary/aromatic N) is 3. The van der Waals surface area contributed by atoms with Gasteiger partial charge in [-0.1, -0.05) is 6.92 Å². The molecule has 0 radical (unpaired) electrons. The van der Waals surface area contributed by atoms with Crippen LogP contribution in [0.5, 0.6) is 0 Å². The van der Waals surface area contributed by atoms with Gasteiger partial charge in [-0.3, -0.25) is 0 Å². The molecule has 0 saturated carbocycles. The van der Waals surface area contributed by atoms with Gasteiger partial charge in [0.05, 0.1) is 3.79 Å². The summed E-state index contributed by atoms with van der Waals surface area (Å²) < 4.78 is 1.15. The predicted molar refractivity (Wildman–Crippen MR) is 83.5 cm³/mol. The smallest absolute Gasteiger partial charge is 0.225 e. The lowest BCUT2D eigenvalue weighted by Crippen LogP contribution is -2.19. The van der Waals surface area contributed by atoms with E-state index in [9.17, 15) is 0 Å². The first kappa shape index (κ1) is 14.4. The minimum absolute atomic E-state index is 0.752. The van der Waals surface area contributed by atoms with Gasteiger partial charge in [-0.2, -0.15) is 0 Å². The summed E-state index contributed by atoms with van der Waals surface area (Å²) in [5.74, 6) is 0.752. The molecule has 4 nitrogen and oxygen atoms in total. The average molecular weight is 341 g/mol. The molecule has 0 fully saturated rings. The van der Waals surface area contributed by atoms with Gasteiger partial charge in [0.2, 0.25) is 5.95 Å². The zero-order valence-electron chi connectivity index (χ0n) is 11.1. The van der Waals surface area contributed by atoms with Crippen molar-refractivity contribution in [1.82, 2.24) is 15.3 Å². The van der Waals surface area contributed by atoms with Crippen molar-refractivity contribution in [1.29, 1.82) is 0 Å². The molecule has 2 rings (SSSR count). The van der Waals surface area contributed by atoms with E-state index >= 15 is 0 Å². The molecule has 0 atom stereocenters. The Morgan fingerprint density at radius 2 is 2.05 bits per heavy atom. The molecule has 2 aromatic heterocycles. The second kappa shape index (κ2) is 6.98. The van der Waals surface area contributed by atoms with Gasteiger partial charge in [0.25, 0.3) is 0 Å². The number of rotatable bonds is 6. The van der Waals surface area contributed by atoms with Crippen LogP contribution in [-0.2, 0) is 13.1 Å². The second-order valence-electron chi connectivity index (χ2n) is 4.29. The zero-order valence-corrected chi connectivity index (χ0v) is 13.5. The van der Waals surface area contributed by atoms with Gasteiger partial charge in [0.15, 0.2) is 0 Å². The Labute approximate surface area is 126 Å². The Morgan fingerprint density at radius 1 is 1.32 bits per heavy atom. The highest BCUT2D eigenvalue weighted by molar-refractivity contribution is 9.11. The fourth-order valence-electron chi connectivity index (χ4n) is 1.68. The van der Waals surface area contributed by atoms with Crippen LogP contribution in [0.3, 0.4) is 0 Å². The maximum Gasteiger partial charge on any atom is 0.225 e. The van der Waals surface area contributed by atoms with Crippen LogP contribution >= 0.6 is 27.3 Å². The van der Waals surface area contributed by atoms with Gasteiger partial charge < -0.3 is 10.2 Å². The summed E-state index contributed by atoms with van der Waals surface area (Å²) in [5, 5.41) is 5.40. The van der Waals surface area contributed by atoms with E-state index in [2.05, 4.69) is 49.6 Å². The third-order valence-corrected chi connectivity index (χ3v) is 4.21. The van der Waals surface area contributed by atoms with Crippen molar-refractivity contribution in [2.24, 2.45) is 0 Å². The van der Waals surface area contributed by atoms with Gasteiger partial charge in [-0.15, -0.1) is 11.3 Å². The largest absolute Gasteiger partial charge is 0.340 e. The molecular formula is C13H17BrN4S. The van der Waals surface area contributed by atoms with Crippen molar-refractivity contribution in [2.75, 3.05) is 18.5 Å². The van der Waals surface area contributed by atoms with Gasteiger partial charge >= 0.3 is 0 Å². The standard InChI is InChI=1S/C13H17BrN4S/c1-3-15-5-11-6-16-13(17-7-11)18(2)8-10-4-12(14)19-9-10/h4,6-7,9,15H,3,5,8H2,1-2H3. The minimum Gasteiger partial charge on any atom is -0.340 e.